The molecular weight excluding hydrogens is 236 g/mol. The SMILES string of the molecule is CCSCc1cn(CC)c(Br)n1. The van der Waals surface area contributed by atoms with Gasteiger partial charge >= 0.3 is 0 Å². The Labute approximate surface area is 85.9 Å². The summed E-state index contributed by atoms with van der Waals surface area (Å²) in [6, 6.07) is 0. The predicted octanol–water partition coefficient (Wildman–Crippen LogP) is 2.92. The van der Waals surface area contributed by atoms with E-state index in [2.05, 4.69) is 45.5 Å². The van der Waals surface area contributed by atoms with Crippen molar-refractivity contribution in [3.8, 4) is 0 Å². The smallest absolute Gasteiger partial charge is 0.177 e. The highest BCUT2D eigenvalue weighted by Crippen LogP contribution is 2.15. The second-order valence-corrected chi connectivity index (χ2v) is 4.41. The minimum absolute atomic E-state index is 0.941. The number of halogens is 1. The first-order valence-corrected chi connectivity index (χ1v) is 6.02. The minimum atomic E-state index is 0.941. The van der Waals surface area contributed by atoms with Crippen LogP contribution < -0.4 is 0 Å². The molecule has 0 amide bonds. The van der Waals surface area contributed by atoms with Crippen LogP contribution in [0.1, 0.15) is 19.5 Å². The molecule has 0 N–H and O–H groups in total. The van der Waals surface area contributed by atoms with Gasteiger partial charge < -0.3 is 4.57 Å². The topological polar surface area (TPSA) is 17.8 Å². The van der Waals surface area contributed by atoms with Crippen molar-refractivity contribution in [2.24, 2.45) is 0 Å². The van der Waals surface area contributed by atoms with Gasteiger partial charge in [-0.3, -0.25) is 0 Å². The molecule has 2 nitrogen and oxygen atoms in total. The van der Waals surface area contributed by atoms with E-state index in [1.807, 2.05) is 11.8 Å². The lowest BCUT2D eigenvalue weighted by atomic mass is 10.5. The molecule has 0 spiro atoms. The van der Waals surface area contributed by atoms with Crippen LogP contribution in [0.4, 0.5) is 0 Å². The van der Waals surface area contributed by atoms with E-state index < -0.39 is 0 Å². The zero-order valence-electron chi connectivity index (χ0n) is 7.38. The van der Waals surface area contributed by atoms with Gasteiger partial charge in [-0.25, -0.2) is 4.98 Å². The molecule has 1 heterocycles. The molecule has 1 rings (SSSR count). The first-order valence-electron chi connectivity index (χ1n) is 4.07. The van der Waals surface area contributed by atoms with E-state index in [0.717, 1.165) is 28.5 Å². The molecule has 0 aliphatic carbocycles. The normalized spacial score (nSPS) is 10.6. The first-order chi connectivity index (χ1) is 5.77. The van der Waals surface area contributed by atoms with Crippen molar-refractivity contribution in [1.82, 2.24) is 9.55 Å². The molecule has 0 fully saturated rings. The third kappa shape index (κ3) is 2.52. The molecule has 12 heavy (non-hydrogen) atoms. The Hall–Kier alpha value is 0.0400. The molecule has 0 saturated carbocycles. The van der Waals surface area contributed by atoms with Crippen LogP contribution in [0, 0.1) is 0 Å². The predicted molar refractivity (Wildman–Crippen MR) is 57.4 cm³/mol. The Balaban J connectivity index is 2.62. The monoisotopic (exact) mass is 248 g/mol. The fourth-order valence-corrected chi connectivity index (χ4v) is 2.08. The number of thioether (sulfide) groups is 1. The van der Waals surface area contributed by atoms with Crippen LogP contribution in [0.15, 0.2) is 10.9 Å². The Morgan fingerprint density at radius 1 is 1.58 bits per heavy atom. The van der Waals surface area contributed by atoms with Crippen molar-refractivity contribution in [3.05, 3.63) is 16.6 Å². The number of aryl methyl sites for hydroxylation is 1. The van der Waals surface area contributed by atoms with Crippen LogP contribution in [0.3, 0.4) is 0 Å². The van der Waals surface area contributed by atoms with Crippen molar-refractivity contribution in [2.75, 3.05) is 5.75 Å². The standard InChI is InChI=1S/C8H13BrN2S/c1-3-11-5-7(6-12-4-2)10-8(11)9/h5H,3-4,6H2,1-2H3. The van der Waals surface area contributed by atoms with Crippen LogP contribution in [-0.4, -0.2) is 15.3 Å². The third-order valence-corrected chi connectivity index (χ3v) is 3.11. The summed E-state index contributed by atoms with van der Waals surface area (Å²) >= 11 is 5.31. The Morgan fingerprint density at radius 3 is 2.83 bits per heavy atom. The van der Waals surface area contributed by atoms with Crippen molar-refractivity contribution in [1.29, 1.82) is 0 Å². The number of aromatic nitrogens is 2. The maximum Gasteiger partial charge on any atom is 0.177 e. The van der Waals surface area contributed by atoms with Crippen molar-refractivity contribution < 1.29 is 0 Å². The maximum absolute atomic E-state index is 4.38. The van der Waals surface area contributed by atoms with Gasteiger partial charge in [-0.05, 0) is 28.6 Å². The van der Waals surface area contributed by atoms with Crippen LogP contribution in [0.25, 0.3) is 0 Å². The zero-order chi connectivity index (χ0) is 8.97. The number of hydrogen-bond donors (Lipinski definition) is 0. The highest BCUT2D eigenvalue weighted by molar-refractivity contribution is 9.10. The lowest BCUT2D eigenvalue weighted by Crippen LogP contribution is -1.90. The van der Waals surface area contributed by atoms with Gasteiger partial charge in [0.25, 0.3) is 0 Å². The van der Waals surface area contributed by atoms with Gasteiger partial charge in [-0.1, -0.05) is 6.92 Å². The number of nitrogens with zero attached hydrogens (tertiary/aromatic N) is 2. The van der Waals surface area contributed by atoms with Crippen molar-refractivity contribution >= 4 is 27.7 Å². The van der Waals surface area contributed by atoms with E-state index >= 15 is 0 Å². The van der Waals surface area contributed by atoms with Gasteiger partial charge in [0.15, 0.2) is 4.73 Å². The highest BCUT2D eigenvalue weighted by Gasteiger charge is 2.02. The molecular formula is C8H13BrN2S. The molecule has 0 radical (unpaired) electrons. The second-order valence-electron chi connectivity index (χ2n) is 2.42. The molecule has 68 valence electrons. The van der Waals surface area contributed by atoms with Crippen molar-refractivity contribution in [3.63, 3.8) is 0 Å². The molecule has 0 aliphatic heterocycles. The fraction of sp³-hybridized carbons (Fsp3) is 0.625. The summed E-state index contributed by atoms with van der Waals surface area (Å²) in [5.74, 6) is 2.17. The molecule has 4 heteroatoms. The summed E-state index contributed by atoms with van der Waals surface area (Å²) in [6.45, 7) is 5.25. The van der Waals surface area contributed by atoms with Crippen LogP contribution in [-0.2, 0) is 12.3 Å². The lowest BCUT2D eigenvalue weighted by Gasteiger charge is -1.94. The molecule has 0 saturated heterocycles. The fourth-order valence-electron chi connectivity index (χ4n) is 0.943. The Kier molecular flexibility index (Phi) is 4.15. The second kappa shape index (κ2) is 4.92. The molecule has 0 bridgehead atoms. The summed E-state index contributed by atoms with van der Waals surface area (Å²) < 4.78 is 3.04. The number of rotatable bonds is 4. The van der Waals surface area contributed by atoms with Crippen molar-refractivity contribution in [2.45, 2.75) is 26.1 Å². The summed E-state index contributed by atoms with van der Waals surface area (Å²) in [7, 11) is 0. The molecule has 0 atom stereocenters. The van der Waals surface area contributed by atoms with Crippen LogP contribution in [0.2, 0.25) is 0 Å². The summed E-state index contributed by atoms with van der Waals surface area (Å²) in [5, 5.41) is 0. The number of hydrogen-bond acceptors (Lipinski definition) is 2. The van der Waals surface area contributed by atoms with Crippen LogP contribution >= 0.6 is 27.7 Å². The van der Waals surface area contributed by atoms with Gasteiger partial charge in [0.2, 0.25) is 0 Å². The Bertz CT molecular complexity index is 247. The van der Waals surface area contributed by atoms with Crippen LogP contribution in [0.5, 0.6) is 0 Å². The summed E-state index contributed by atoms with van der Waals surface area (Å²) in [6.07, 6.45) is 2.10. The van der Waals surface area contributed by atoms with Gasteiger partial charge in [0.05, 0.1) is 5.69 Å². The van der Waals surface area contributed by atoms with Gasteiger partial charge in [0, 0.05) is 18.5 Å². The van der Waals surface area contributed by atoms with E-state index in [1.54, 1.807) is 0 Å². The molecule has 0 aromatic carbocycles. The highest BCUT2D eigenvalue weighted by atomic mass is 79.9. The molecule has 1 aromatic rings. The minimum Gasteiger partial charge on any atom is -0.326 e. The van der Waals surface area contributed by atoms with E-state index in [0.29, 0.717) is 0 Å². The van der Waals surface area contributed by atoms with E-state index in [9.17, 15) is 0 Å². The van der Waals surface area contributed by atoms with E-state index in [1.165, 1.54) is 0 Å². The quantitative estimate of drug-likeness (QED) is 0.816. The van der Waals surface area contributed by atoms with Gasteiger partial charge in [-0.15, -0.1) is 0 Å². The largest absolute Gasteiger partial charge is 0.326 e. The first kappa shape index (κ1) is 10.1. The van der Waals surface area contributed by atoms with E-state index in [4.69, 9.17) is 0 Å². The van der Waals surface area contributed by atoms with E-state index in [-0.39, 0.29) is 0 Å². The lowest BCUT2D eigenvalue weighted by molar-refractivity contribution is 0.741. The molecule has 1 aromatic heterocycles. The average molecular weight is 249 g/mol. The molecule has 0 aliphatic rings. The zero-order valence-corrected chi connectivity index (χ0v) is 9.78. The summed E-state index contributed by atoms with van der Waals surface area (Å²) in [4.78, 5) is 4.38. The third-order valence-electron chi connectivity index (χ3n) is 1.57. The average Bonchev–Trinajstić information content (AvgIpc) is 2.43. The number of imidazole rings is 1. The maximum atomic E-state index is 4.38. The molecule has 0 unspecified atom stereocenters. The summed E-state index contributed by atoms with van der Waals surface area (Å²) in [5.41, 5.74) is 1.16. The van der Waals surface area contributed by atoms with Gasteiger partial charge in [-0.2, -0.15) is 11.8 Å². The Morgan fingerprint density at radius 2 is 2.33 bits per heavy atom. The van der Waals surface area contributed by atoms with Gasteiger partial charge in [0.1, 0.15) is 0 Å².